The molecule has 29 heavy (non-hydrogen) atoms. The number of rotatable bonds is 10. The lowest BCUT2D eigenvalue weighted by molar-refractivity contribution is -0.0971. The Bertz CT molecular complexity index is 435. The van der Waals surface area contributed by atoms with Gasteiger partial charge in [0.15, 0.2) is 0 Å². The molecule has 0 spiro atoms. The Labute approximate surface area is 179 Å². The van der Waals surface area contributed by atoms with Gasteiger partial charge in [0, 0.05) is 29.8 Å². The molecule has 0 radical (unpaired) electrons. The van der Waals surface area contributed by atoms with Crippen LogP contribution in [0.5, 0.6) is 0 Å². The van der Waals surface area contributed by atoms with Gasteiger partial charge >= 0.3 is 0 Å². The van der Waals surface area contributed by atoms with Gasteiger partial charge in [0.25, 0.3) is 0 Å². The zero-order chi connectivity index (χ0) is 22.8. The van der Waals surface area contributed by atoms with E-state index >= 15 is 0 Å². The Morgan fingerprint density at radius 3 is 2.10 bits per heavy atom. The molecule has 1 saturated heterocycles. The van der Waals surface area contributed by atoms with Gasteiger partial charge in [0.1, 0.15) is 0 Å². The van der Waals surface area contributed by atoms with E-state index in [4.69, 9.17) is 9.47 Å². The number of piperidine rings is 1. The van der Waals surface area contributed by atoms with Crippen molar-refractivity contribution in [3.8, 4) is 0 Å². The third-order valence-electron chi connectivity index (χ3n) is 5.72. The van der Waals surface area contributed by atoms with Crippen LogP contribution >= 0.6 is 0 Å². The van der Waals surface area contributed by atoms with Crippen molar-refractivity contribution in [2.24, 2.45) is 16.7 Å². The van der Waals surface area contributed by atoms with Crippen LogP contribution in [0.1, 0.15) is 61.3 Å². The summed E-state index contributed by atoms with van der Waals surface area (Å²) in [7, 11) is 6.21. The van der Waals surface area contributed by atoms with Gasteiger partial charge in [-0.05, 0) is 68.2 Å². The summed E-state index contributed by atoms with van der Waals surface area (Å²) in [6.07, 6.45) is -0.0748. The van der Waals surface area contributed by atoms with E-state index in [1.807, 2.05) is 27.8 Å². The van der Waals surface area contributed by atoms with Crippen molar-refractivity contribution < 1.29 is 18.3 Å². The molecule has 1 aliphatic heterocycles. The molecule has 1 heterocycles. The van der Waals surface area contributed by atoms with E-state index in [9.17, 15) is 8.78 Å². The fourth-order valence-corrected chi connectivity index (χ4v) is 3.85. The lowest BCUT2D eigenvalue weighted by Crippen LogP contribution is -2.50. The molecule has 0 aromatic carbocycles. The minimum atomic E-state index is -2.24. The maximum atomic E-state index is 13.0. The third kappa shape index (κ3) is 11.6. The second-order valence-electron chi connectivity index (χ2n) is 10.2. The van der Waals surface area contributed by atoms with Crippen molar-refractivity contribution in [3.05, 3.63) is 0 Å². The molecule has 1 rings (SSSR count). The number of halogens is 2. The van der Waals surface area contributed by atoms with Crippen LogP contribution in [0.3, 0.4) is 0 Å². The SMILES string of the molecule is CC(C)OCC1(C)CN(C)CCC1C(F)F.CCC(C)(COC(C)C)CN(C)C. The molecule has 0 saturated carbocycles. The van der Waals surface area contributed by atoms with E-state index in [0.29, 0.717) is 31.1 Å². The van der Waals surface area contributed by atoms with Gasteiger partial charge in [-0.25, -0.2) is 8.78 Å². The van der Waals surface area contributed by atoms with Gasteiger partial charge in [-0.1, -0.05) is 20.8 Å². The Morgan fingerprint density at radius 2 is 1.69 bits per heavy atom. The highest BCUT2D eigenvalue weighted by atomic mass is 19.3. The zero-order valence-electron chi connectivity index (χ0n) is 20.7. The summed E-state index contributed by atoms with van der Waals surface area (Å²) in [5.74, 6) is -0.539. The van der Waals surface area contributed by atoms with Gasteiger partial charge in [-0.3, -0.25) is 0 Å². The predicted octanol–water partition coefficient (Wildman–Crippen LogP) is 5.02. The molecular formula is C23H48F2N2O2. The summed E-state index contributed by atoms with van der Waals surface area (Å²) < 4.78 is 37.2. The van der Waals surface area contributed by atoms with E-state index in [2.05, 4.69) is 51.6 Å². The number of hydrogen-bond acceptors (Lipinski definition) is 4. The van der Waals surface area contributed by atoms with E-state index in [1.165, 1.54) is 0 Å². The van der Waals surface area contributed by atoms with Crippen LogP contribution in [-0.2, 0) is 9.47 Å². The molecular weight excluding hydrogens is 374 g/mol. The second kappa shape index (κ2) is 13.2. The van der Waals surface area contributed by atoms with Crippen LogP contribution in [0, 0.1) is 16.7 Å². The standard InChI is InChI=1S/C12H23F2NO.C11H25NO/c1-9(2)16-8-12(3)7-15(4)6-5-10(12)11(13)14;1-7-11(4,8-12(5)6)9-13-10(2)3/h9-11H,5-8H2,1-4H3;10H,7-9H2,1-6H3. The lowest BCUT2D eigenvalue weighted by Gasteiger charge is -2.45. The highest BCUT2D eigenvalue weighted by Gasteiger charge is 2.43. The number of ether oxygens (including phenoxy) is 2. The molecule has 6 heteroatoms. The normalized spacial score (nSPS) is 25.4. The first kappa shape index (κ1) is 28.7. The van der Waals surface area contributed by atoms with Crippen LogP contribution in [-0.4, -0.2) is 82.4 Å². The fraction of sp³-hybridized carbons (Fsp3) is 1.00. The van der Waals surface area contributed by atoms with Crippen LogP contribution in [0.15, 0.2) is 0 Å². The molecule has 3 unspecified atom stereocenters. The first-order valence-corrected chi connectivity index (χ1v) is 11.1. The monoisotopic (exact) mass is 422 g/mol. The molecule has 0 bridgehead atoms. The van der Waals surface area contributed by atoms with Gasteiger partial charge in [0.2, 0.25) is 6.43 Å². The first-order chi connectivity index (χ1) is 13.2. The Balaban J connectivity index is 0.000000555. The highest BCUT2D eigenvalue weighted by molar-refractivity contribution is 4.90. The van der Waals surface area contributed by atoms with E-state index in [-0.39, 0.29) is 6.10 Å². The van der Waals surface area contributed by atoms with Crippen molar-refractivity contribution in [2.75, 3.05) is 54.0 Å². The number of alkyl halides is 2. The maximum Gasteiger partial charge on any atom is 0.242 e. The van der Waals surface area contributed by atoms with Crippen molar-refractivity contribution in [3.63, 3.8) is 0 Å². The van der Waals surface area contributed by atoms with Crippen molar-refractivity contribution in [2.45, 2.75) is 79.9 Å². The molecule has 0 amide bonds. The van der Waals surface area contributed by atoms with Gasteiger partial charge in [0.05, 0.1) is 25.4 Å². The lowest BCUT2D eigenvalue weighted by atomic mass is 9.73. The molecule has 0 aromatic rings. The van der Waals surface area contributed by atoms with Crippen LogP contribution < -0.4 is 0 Å². The molecule has 3 atom stereocenters. The largest absolute Gasteiger partial charge is 0.378 e. The smallest absolute Gasteiger partial charge is 0.242 e. The van der Waals surface area contributed by atoms with Crippen molar-refractivity contribution in [1.82, 2.24) is 9.80 Å². The molecule has 4 nitrogen and oxygen atoms in total. The Morgan fingerprint density at radius 1 is 1.14 bits per heavy atom. The van der Waals surface area contributed by atoms with Crippen LogP contribution in [0.2, 0.25) is 0 Å². The summed E-state index contributed by atoms with van der Waals surface area (Å²) in [6.45, 7) is 18.3. The maximum absolute atomic E-state index is 13.0. The van der Waals surface area contributed by atoms with Gasteiger partial charge in [-0.15, -0.1) is 0 Å². The number of nitrogens with zero attached hydrogens (tertiary/aromatic N) is 2. The summed E-state index contributed by atoms with van der Waals surface area (Å²) in [5, 5.41) is 0. The van der Waals surface area contributed by atoms with Gasteiger partial charge in [-0.2, -0.15) is 0 Å². The minimum absolute atomic E-state index is 0.0994. The van der Waals surface area contributed by atoms with Crippen molar-refractivity contribution in [1.29, 1.82) is 0 Å². The summed E-state index contributed by atoms with van der Waals surface area (Å²) in [6, 6.07) is 0. The third-order valence-corrected chi connectivity index (χ3v) is 5.72. The molecule has 1 aliphatic rings. The molecule has 176 valence electrons. The van der Waals surface area contributed by atoms with E-state index in [1.54, 1.807) is 0 Å². The van der Waals surface area contributed by atoms with Crippen molar-refractivity contribution >= 4 is 0 Å². The molecule has 1 fully saturated rings. The molecule has 0 aromatic heterocycles. The second-order valence-corrected chi connectivity index (χ2v) is 10.2. The van der Waals surface area contributed by atoms with Gasteiger partial charge < -0.3 is 19.3 Å². The Hall–Kier alpha value is -0.300. The topological polar surface area (TPSA) is 24.9 Å². The fourth-order valence-electron chi connectivity index (χ4n) is 3.85. The number of hydrogen-bond donors (Lipinski definition) is 0. The predicted molar refractivity (Wildman–Crippen MR) is 119 cm³/mol. The average molecular weight is 423 g/mol. The summed E-state index contributed by atoms with van der Waals surface area (Å²) >= 11 is 0. The average Bonchev–Trinajstić information content (AvgIpc) is 2.58. The minimum Gasteiger partial charge on any atom is -0.378 e. The summed E-state index contributed by atoms with van der Waals surface area (Å²) in [4.78, 5) is 4.34. The van der Waals surface area contributed by atoms with Crippen LogP contribution in [0.25, 0.3) is 0 Å². The van der Waals surface area contributed by atoms with Crippen LogP contribution in [0.4, 0.5) is 8.78 Å². The number of likely N-dealkylation sites (tertiary alicyclic amines) is 1. The highest BCUT2D eigenvalue weighted by Crippen LogP contribution is 2.39. The van der Waals surface area contributed by atoms with E-state index < -0.39 is 17.8 Å². The van der Waals surface area contributed by atoms with E-state index in [0.717, 1.165) is 26.1 Å². The Kier molecular flexibility index (Phi) is 13.0. The first-order valence-electron chi connectivity index (χ1n) is 11.1. The molecule has 0 aliphatic carbocycles. The molecule has 0 N–H and O–H groups in total. The zero-order valence-corrected chi connectivity index (χ0v) is 20.7. The quantitative estimate of drug-likeness (QED) is 0.493. The summed E-state index contributed by atoms with van der Waals surface area (Å²) in [5.41, 5.74) is -0.126.